The maximum Gasteiger partial charge on any atom is 0.247 e. The van der Waals surface area contributed by atoms with E-state index in [0.29, 0.717) is 127 Å². The standard InChI is InChI=1S/C24H28N2O3.C21H23ClN2O3.C21H23FN2O3/c1-4-18-19-15-22(28-5-2)23(29-6-3)16-20(19)21(25-26-24(18)27)14-10-13-17-11-8-7-9-12-17;2*1-4-13-15-11-18(26-5-2)19(27-6-3)12-16(15)20(23-24-21(13)25)14-9-7-8-10-17(14)22/h7-13,15-16,18H,4-6,14H2,1-3H3,(H,26,27);2*7-13H,4-6H2,1-3H3,(H,24,25)/b13-10+;;. The van der Waals surface area contributed by atoms with Gasteiger partial charge in [0.2, 0.25) is 17.7 Å². The second kappa shape index (κ2) is 30.5. The van der Waals surface area contributed by atoms with E-state index in [0.717, 1.165) is 44.7 Å². The van der Waals surface area contributed by atoms with Crippen molar-refractivity contribution in [3.8, 4) is 34.5 Å². The Kier molecular flexibility index (Phi) is 22.8. The van der Waals surface area contributed by atoms with E-state index in [-0.39, 0.29) is 29.6 Å². The molecule has 15 nitrogen and oxygen atoms in total. The van der Waals surface area contributed by atoms with Gasteiger partial charge in [-0.15, -0.1) is 0 Å². The smallest absolute Gasteiger partial charge is 0.247 e. The quantitative estimate of drug-likeness (QED) is 0.0670. The Morgan fingerprint density at radius 1 is 0.446 bits per heavy atom. The minimum atomic E-state index is -0.414. The molecule has 17 heteroatoms. The van der Waals surface area contributed by atoms with Crippen LogP contribution in [0, 0.1) is 5.82 Å². The number of nitrogens with zero attached hydrogens (tertiary/aromatic N) is 3. The van der Waals surface area contributed by atoms with Gasteiger partial charge in [-0.3, -0.25) is 14.4 Å². The van der Waals surface area contributed by atoms with E-state index in [1.165, 1.54) is 6.07 Å². The minimum Gasteiger partial charge on any atom is -0.490 e. The summed E-state index contributed by atoms with van der Waals surface area (Å²) in [5.74, 6) is 1.82. The van der Waals surface area contributed by atoms with Gasteiger partial charge in [0, 0.05) is 34.2 Å². The molecular formula is C66H74ClFN6O9. The summed E-state index contributed by atoms with van der Waals surface area (Å²) in [4.78, 5) is 37.8. The van der Waals surface area contributed by atoms with Crippen molar-refractivity contribution in [3.63, 3.8) is 0 Å². The molecule has 0 aliphatic carbocycles. The molecular weight excluding hydrogens is 1080 g/mol. The van der Waals surface area contributed by atoms with E-state index in [2.05, 4.69) is 55.9 Å². The molecule has 0 fully saturated rings. The van der Waals surface area contributed by atoms with Crippen molar-refractivity contribution in [1.82, 2.24) is 16.3 Å². The SMILES string of the molecule is CCOc1cc2c(cc1OCC)C(CC)C(=O)NN=C2C/C=C/c1ccccc1.CCOc1cc2c(cc1OCC)C(CC)C(=O)NN=C2c1ccccc1Cl.CCOc1cc2c(cc1OCC)C(CC)C(=O)NN=C2c1ccccc1F. The Balaban J connectivity index is 0.000000179. The van der Waals surface area contributed by atoms with E-state index >= 15 is 0 Å². The minimum absolute atomic E-state index is 0.0950. The fourth-order valence-corrected chi connectivity index (χ4v) is 10.2. The largest absolute Gasteiger partial charge is 0.490 e. The first kappa shape index (κ1) is 62.1. The highest BCUT2D eigenvalue weighted by Crippen LogP contribution is 2.41. The monoisotopic (exact) mass is 1150 g/mol. The number of amides is 3. The summed E-state index contributed by atoms with van der Waals surface area (Å²) < 4.78 is 49.1. The molecule has 3 unspecified atom stereocenters. The highest BCUT2D eigenvalue weighted by molar-refractivity contribution is 6.35. The van der Waals surface area contributed by atoms with Gasteiger partial charge in [-0.2, -0.15) is 15.3 Å². The number of hydrogen-bond acceptors (Lipinski definition) is 12. The van der Waals surface area contributed by atoms with Gasteiger partial charge in [-0.05, 0) is 138 Å². The van der Waals surface area contributed by atoms with Gasteiger partial charge in [0.1, 0.15) is 11.5 Å². The van der Waals surface area contributed by atoms with Gasteiger partial charge in [0.05, 0.1) is 73.8 Å². The number of allylic oxidation sites excluding steroid dienone is 1. The Morgan fingerprint density at radius 3 is 1.23 bits per heavy atom. The molecule has 3 heterocycles. The summed E-state index contributed by atoms with van der Waals surface area (Å²) in [7, 11) is 0. The molecule has 0 saturated carbocycles. The Labute approximate surface area is 491 Å². The van der Waals surface area contributed by atoms with E-state index in [1.54, 1.807) is 30.3 Å². The molecule has 0 saturated heterocycles. The topological polar surface area (TPSA) is 180 Å². The van der Waals surface area contributed by atoms with E-state index in [9.17, 15) is 18.8 Å². The van der Waals surface area contributed by atoms with Crippen molar-refractivity contribution in [1.29, 1.82) is 0 Å². The van der Waals surface area contributed by atoms with Crippen LogP contribution in [-0.2, 0) is 14.4 Å². The number of benzene rings is 6. The lowest BCUT2D eigenvalue weighted by Gasteiger charge is -2.19. The van der Waals surface area contributed by atoms with Crippen molar-refractivity contribution >= 4 is 52.5 Å². The van der Waals surface area contributed by atoms with Crippen LogP contribution in [0.1, 0.15) is 156 Å². The van der Waals surface area contributed by atoms with Gasteiger partial charge in [0.15, 0.2) is 34.5 Å². The third-order valence-corrected chi connectivity index (χ3v) is 14.1. The predicted molar refractivity (Wildman–Crippen MR) is 326 cm³/mol. The molecule has 83 heavy (non-hydrogen) atoms. The number of carbonyl (C=O) groups is 3. The lowest BCUT2D eigenvalue weighted by Crippen LogP contribution is -2.23. The highest BCUT2D eigenvalue weighted by atomic mass is 35.5. The molecule has 6 aromatic rings. The molecule has 9 rings (SSSR count). The normalized spacial score (nSPS) is 16.1. The molecule has 3 amide bonds. The Morgan fingerprint density at radius 2 is 0.807 bits per heavy atom. The number of fused-ring (bicyclic) bond motifs is 3. The van der Waals surface area contributed by atoms with Gasteiger partial charge < -0.3 is 28.4 Å². The molecule has 3 N–H and O–H groups in total. The van der Waals surface area contributed by atoms with Crippen LogP contribution in [0.5, 0.6) is 34.5 Å². The molecule has 0 aromatic heterocycles. The summed E-state index contributed by atoms with van der Waals surface area (Å²) >= 11 is 6.42. The van der Waals surface area contributed by atoms with Crippen molar-refractivity contribution < 1.29 is 47.2 Å². The molecule has 3 atom stereocenters. The number of nitrogens with one attached hydrogen (secondary N) is 3. The average molecular weight is 1150 g/mol. The van der Waals surface area contributed by atoms with Crippen LogP contribution < -0.4 is 44.7 Å². The molecule has 0 bridgehead atoms. The van der Waals surface area contributed by atoms with Crippen LogP contribution in [0.2, 0.25) is 5.02 Å². The van der Waals surface area contributed by atoms with E-state index in [1.807, 2.05) is 129 Å². The molecule has 436 valence electrons. The van der Waals surface area contributed by atoms with Gasteiger partial charge in [-0.1, -0.05) is 105 Å². The van der Waals surface area contributed by atoms with Crippen LogP contribution in [0.25, 0.3) is 6.08 Å². The maximum absolute atomic E-state index is 14.5. The summed E-state index contributed by atoms with van der Waals surface area (Å²) in [5.41, 5.74) is 16.9. The lowest BCUT2D eigenvalue weighted by molar-refractivity contribution is -0.123. The lowest BCUT2D eigenvalue weighted by atomic mass is 9.87. The van der Waals surface area contributed by atoms with Crippen LogP contribution in [0.3, 0.4) is 0 Å². The first-order valence-electron chi connectivity index (χ1n) is 28.5. The summed E-state index contributed by atoms with van der Waals surface area (Å²) in [6, 6.07) is 35.3. The first-order chi connectivity index (χ1) is 40.4. The average Bonchev–Trinajstić information content (AvgIpc) is 3.35. The second-order valence-electron chi connectivity index (χ2n) is 19.0. The third-order valence-electron chi connectivity index (χ3n) is 13.8. The Bertz CT molecular complexity index is 3220. The number of halogens is 2. The number of hydrogen-bond donors (Lipinski definition) is 3. The summed E-state index contributed by atoms with van der Waals surface area (Å²) in [6.45, 7) is 20.4. The fraction of sp³-hybridized carbons (Fsp3) is 0.333. The molecule has 3 aliphatic rings. The second-order valence-corrected chi connectivity index (χ2v) is 19.4. The number of hydrazone groups is 3. The molecule has 3 aliphatic heterocycles. The molecule has 6 aromatic carbocycles. The van der Waals surface area contributed by atoms with Crippen molar-refractivity contribution in [3.05, 3.63) is 182 Å². The number of ether oxygens (including phenoxy) is 6. The van der Waals surface area contributed by atoms with Gasteiger partial charge >= 0.3 is 0 Å². The van der Waals surface area contributed by atoms with Crippen molar-refractivity contribution in [2.24, 2.45) is 15.3 Å². The van der Waals surface area contributed by atoms with Crippen LogP contribution in [-0.4, -0.2) is 74.5 Å². The van der Waals surface area contributed by atoms with Gasteiger partial charge in [-0.25, -0.2) is 20.7 Å². The van der Waals surface area contributed by atoms with Crippen molar-refractivity contribution in [2.75, 3.05) is 39.6 Å². The van der Waals surface area contributed by atoms with E-state index < -0.39 is 11.7 Å². The molecule has 0 spiro atoms. The highest BCUT2D eigenvalue weighted by Gasteiger charge is 2.33. The fourth-order valence-electron chi connectivity index (χ4n) is 10.0. The van der Waals surface area contributed by atoms with Gasteiger partial charge in [0.25, 0.3) is 0 Å². The predicted octanol–water partition coefficient (Wildman–Crippen LogP) is 13.4. The Hall–Kier alpha value is -8.50. The summed E-state index contributed by atoms with van der Waals surface area (Å²) in [5, 5.41) is 13.6. The maximum atomic E-state index is 14.5. The zero-order valence-electron chi connectivity index (χ0n) is 48.7. The molecule has 0 radical (unpaired) electrons. The number of rotatable bonds is 20. The van der Waals surface area contributed by atoms with Crippen LogP contribution >= 0.6 is 11.6 Å². The third kappa shape index (κ3) is 15.0. The summed E-state index contributed by atoms with van der Waals surface area (Å²) in [6.07, 6.45) is 6.62. The van der Waals surface area contributed by atoms with E-state index in [4.69, 9.17) is 40.0 Å². The number of carbonyl (C=O) groups excluding carboxylic acids is 3. The van der Waals surface area contributed by atoms with Crippen molar-refractivity contribution in [2.45, 2.75) is 106 Å². The van der Waals surface area contributed by atoms with Crippen LogP contribution in [0.15, 0.2) is 137 Å². The van der Waals surface area contributed by atoms with Crippen LogP contribution in [0.4, 0.5) is 4.39 Å². The zero-order chi connectivity index (χ0) is 59.4. The zero-order valence-corrected chi connectivity index (χ0v) is 49.5. The first-order valence-corrected chi connectivity index (χ1v) is 28.9.